The van der Waals surface area contributed by atoms with Crippen molar-refractivity contribution < 1.29 is 13.3 Å². The van der Waals surface area contributed by atoms with Crippen molar-refractivity contribution in [2.24, 2.45) is 5.73 Å². The Hall–Kier alpha value is -1.77. The zero-order valence-corrected chi connectivity index (χ0v) is 12.1. The predicted molar refractivity (Wildman–Crippen MR) is 76.0 cm³/mol. The van der Waals surface area contributed by atoms with Crippen LogP contribution in [0.4, 0.5) is 5.69 Å². The Balaban J connectivity index is 3.17. The lowest BCUT2D eigenvalue weighted by Crippen LogP contribution is -2.25. The summed E-state index contributed by atoms with van der Waals surface area (Å²) in [6.07, 6.45) is 3.20. The molecule has 0 amide bonds. The van der Waals surface area contributed by atoms with E-state index >= 15 is 0 Å². The van der Waals surface area contributed by atoms with Crippen molar-refractivity contribution in [1.29, 1.82) is 0 Å². The number of benzene rings is 1. The van der Waals surface area contributed by atoms with Gasteiger partial charge in [-0.2, -0.15) is 0 Å². The number of hydrogen-bond acceptors (Lipinski definition) is 5. The third-order valence-corrected chi connectivity index (χ3v) is 4.35. The van der Waals surface area contributed by atoms with E-state index in [-0.39, 0.29) is 17.1 Å². The van der Waals surface area contributed by atoms with Crippen LogP contribution in [0.25, 0.3) is 0 Å². The quantitative estimate of drug-likeness (QED) is 0.462. The monoisotopic (exact) mass is 299 g/mol. The van der Waals surface area contributed by atoms with E-state index in [2.05, 4.69) is 4.72 Å². The van der Waals surface area contributed by atoms with Crippen molar-refractivity contribution in [2.75, 3.05) is 13.1 Å². The van der Waals surface area contributed by atoms with E-state index in [0.29, 0.717) is 17.7 Å². The molecule has 0 spiro atoms. The molecule has 1 rings (SSSR count). The molecule has 0 saturated carbocycles. The normalized spacial score (nSPS) is 11.9. The molecule has 0 bridgehead atoms. The molecular formula is C12H17N3O4S. The maximum absolute atomic E-state index is 12.1. The molecule has 110 valence electrons. The molecular weight excluding hydrogens is 282 g/mol. The van der Waals surface area contributed by atoms with E-state index < -0.39 is 14.9 Å². The lowest BCUT2D eigenvalue weighted by Gasteiger charge is -2.10. The van der Waals surface area contributed by atoms with E-state index in [0.717, 1.165) is 6.07 Å². The summed E-state index contributed by atoms with van der Waals surface area (Å²) in [5.41, 5.74) is 6.05. The number of hydrogen-bond donors (Lipinski definition) is 2. The highest BCUT2D eigenvalue weighted by Crippen LogP contribution is 2.25. The summed E-state index contributed by atoms with van der Waals surface area (Å²) in [5, 5.41) is 10.8. The average molecular weight is 299 g/mol. The van der Waals surface area contributed by atoms with Crippen LogP contribution in [0, 0.1) is 24.0 Å². The van der Waals surface area contributed by atoms with Crippen molar-refractivity contribution in [1.82, 2.24) is 4.72 Å². The summed E-state index contributed by atoms with van der Waals surface area (Å²) in [6, 6.07) is 2.42. The number of nitrogens with zero attached hydrogens (tertiary/aromatic N) is 1. The van der Waals surface area contributed by atoms with Crippen LogP contribution in [0.5, 0.6) is 0 Å². The summed E-state index contributed by atoms with van der Waals surface area (Å²) in [6.45, 7) is 3.65. The lowest BCUT2D eigenvalue weighted by atomic mass is 10.1. The van der Waals surface area contributed by atoms with Gasteiger partial charge in [-0.05, 0) is 25.0 Å². The molecule has 20 heavy (non-hydrogen) atoms. The smallest absolute Gasteiger partial charge is 0.271 e. The maximum Gasteiger partial charge on any atom is 0.271 e. The van der Waals surface area contributed by atoms with E-state index in [9.17, 15) is 18.5 Å². The van der Waals surface area contributed by atoms with Crippen LogP contribution < -0.4 is 10.5 Å². The number of aryl methyl sites for hydroxylation is 1. The van der Waals surface area contributed by atoms with Gasteiger partial charge in [-0.3, -0.25) is 10.1 Å². The van der Waals surface area contributed by atoms with E-state index in [4.69, 9.17) is 5.73 Å². The van der Waals surface area contributed by atoms with Crippen LogP contribution in [0.15, 0.2) is 29.2 Å². The van der Waals surface area contributed by atoms with Gasteiger partial charge in [0.25, 0.3) is 5.69 Å². The molecule has 0 aromatic heterocycles. The first-order valence-electron chi connectivity index (χ1n) is 5.90. The summed E-state index contributed by atoms with van der Waals surface area (Å²) in [4.78, 5) is 10.1. The van der Waals surface area contributed by atoms with Crippen molar-refractivity contribution >= 4 is 15.7 Å². The van der Waals surface area contributed by atoms with Crippen LogP contribution >= 0.6 is 0 Å². The molecule has 0 fully saturated rings. The molecule has 1 aromatic rings. The van der Waals surface area contributed by atoms with Gasteiger partial charge >= 0.3 is 0 Å². The SMILES string of the molecule is Cc1cc([N+](=O)[O-])cc(S(=O)(=O)NC/C=C/CN)c1C. The largest absolute Gasteiger partial charge is 0.327 e. The highest BCUT2D eigenvalue weighted by molar-refractivity contribution is 7.89. The van der Waals surface area contributed by atoms with Gasteiger partial charge in [0.05, 0.1) is 9.82 Å². The number of rotatable bonds is 6. The fourth-order valence-corrected chi connectivity index (χ4v) is 2.92. The second-order valence-electron chi connectivity index (χ2n) is 4.20. The molecule has 8 heteroatoms. The van der Waals surface area contributed by atoms with E-state index in [1.54, 1.807) is 26.0 Å². The standard InChI is InChI=1S/C12H17N3O4S/c1-9-7-11(15(16)17)8-12(10(9)2)20(18,19)14-6-4-3-5-13/h3-4,7-8,14H,5-6,13H2,1-2H3/b4-3+. The van der Waals surface area contributed by atoms with Crippen LogP contribution in [-0.4, -0.2) is 26.4 Å². The van der Waals surface area contributed by atoms with Crippen LogP contribution in [0.2, 0.25) is 0 Å². The van der Waals surface area contributed by atoms with Crippen LogP contribution in [-0.2, 0) is 10.0 Å². The predicted octanol–water partition coefficient (Wildman–Crippen LogP) is 1.00. The minimum atomic E-state index is -3.80. The zero-order chi connectivity index (χ0) is 15.3. The Morgan fingerprint density at radius 2 is 2.00 bits per heavy atom. The van der Waals surface area contributed by atoms with Gasteiger partial charge in [0.1, 0.15) is 0 Å². The third-order valence-electron chi connectivity index (χ3n) is 2.80. The molecule has 0 aliphatic rings. The molecule has 0 radical (unpaired) electrons. The van der Waals surface area contributed by atoms with Gasteiger partial charge < -0.3 is 5.73 Å². The van der Waals surface area contributed by atoms with E-state index in [1.807, 2.05) is 0 Å². The Bertz CT molecular complexity index is 638. The Morgan fingerprint density at radius 1 is 1.35 bits per heavy atom. The first-order valence-corrected chi connectivity index (χ1v) is 7.38. The molecule has 0 saturated heterocycles. The minimum Gasteiger partial charge on any atom is -0.327 e. The van der Waals surface area contributed by atoms with Gasteiger partial charge in [0.2, 0.25) is 10.0 Å². The van der Waals surface area contributed by atoms with Crippen LogP contribution in [0.1, 0.15) is 11.1 Å². The fourth-order valence-electron chi connectivity index (χ4n) is 1.61. The number of nitro groups is 1. The third kappa shape index (κ3) is 3.86. The number of nitrogens with one attached hydrogen (secondary N) is 1. The Morgan fingerprint density at radius 3 is 2.55 bits per heavy atom. The number of non-ortho nitro benzene ring substituents is 1. The topological polar surface area (TPSA) is 115 Å². The molecule has 7 nitrogen and oxygen atoms in total. The second kappa shape index (κ2) is 6.60. The van der Waals surface area contributed by atoms with Gasteiger partial charge in [-0.25, -0.2) is 13.1 Å². The molecule has 1 aromatic carbocycles. The van der Waals surface area contributed by atoms with Gasteiger partial charge in [0, 0.05) is 25.2 Å². The van der Waals surface area contributed by atoms with Crippen molar-refractivity contribution in [3.05, 3.63) is 45.5 Å². The summed E-state index contributed by atoms with van der Waals surface area (Å²) >= 11 is 0. The molecule has 0 aliphatic heterocycles. The minimum absolute atomic E-state index is 0.0784. The number of nitrogens with two attached hydrogens (primary N) is 1. The van der Waals surface area contributed by atoms with E-state index in [1.165, 1.54) is 6.07 Å². The fraction of sp³-hybridized carbons (Fsp3) is 0.333. The maximum atomic E-state index is 12.1. The highest BCUT2D eigenvalue weighted by Gasteiger charge is 2.21. The Labute approximate surface area is 117 Å². The first kappa shape index (κ1) is 16.3. The van der Waals surface area contributed by atoms with Gasteiger partial charge in [0.15, 0.2) is 0 Å². The van der Waals surface area contributed by atoms with Crippen LogP contribution in [0.3, 0.4) is 0 Å². The van der Waals surface area contributed by atoms with Gasteiger partial charge in [-0.15, -0.1) is 0 Å². The average Bonchev–Trinajstić information content (AvgIpc) is 2.37. The molecule has 0 atom stereocenters. The number of nitro benzene ring substituents is 1. The Kier molecular flexibility index (Phi) is 5.37. The van der Waals surface area contributed by atoms with Gasteiger partial charge in [-0.1, -0.05) is 12.2 Å². The summed E-state index contributed by atoms with van der Waals surface area (Å²) in [7, 11) is -3.80. The molecule has 3 N–H and O–H groups in total. The number of sulfonamides is 1. The zero-order valence-electron chi connectivity index (χ0n) is 11.3. The second-order valence-corrected chi connectivity index (χ2v) is 5.94. The molecule has 0 heterocycles. The van der Waals surface area contributed by atoms with Crippen molar-refractivity contribution in [2.45, 2.75) is 18.7 Å². The molecule has 0 aliphatic carbocycles. The lowest BCUT2D eigenvalue weighted by molar-refractivity contribution is -0.385. The molecule has 0 unspecified atom stereocenters. The highest BCUT2D eigenvalue weighted by atomic mass is 32.2. The van der Waals surface area contributed by atoms with Crippen molar-refractivity contribution in [3.63, 3.8) is 0 Å². The summed E-state index contributed by atoms with van der Waals surface area (Å²) in [5.74, 6) is 0. The summed E-state index contributed by atoms with van der Waals surface area (Å²) < 4.78 is 26.6. The first-order chi connectivity index (χ1) is 9.29. The van der Waals surface area contributed by atoms with Crippen molar-refractivity contribution in [3.8, 4) is 0 Å².